The van der Waals surface area contributed by atoms with Gasteiger partial charge >= 0.3 is 5.97 Å². The lowest BCUT2D eigenvalue weighted by Crippen LogP contribution is -2.45. The molecule has 0 bridgehead atoms. The van der Waals surface area contributed by atoms with Gasteiger partial charge in [0.15, 0.2) is 23.0 Å². The third kappa shape index (κ3) is 3.69. The molecule has 0 N–H and O–H groups in total. The van der Waals surface area contributed by atoms with E-state index in [0.29, 0.717) is 40.0 Å². The van der Waals surface area contributed by atoms with E-state index in [1.807, 2.05) is 12.1 Å². The highest BCUT2D eigenvalue weighted by molar-refractivity contribution is 9.10. The molecule has 1 saturated carbocycles. The predicted octanol–water partition coefficient (Wildman–Crippen LogP) is 5.97. The minimum atomic E-state index is -0.707. The van der Waals surface area contributed by atoms with Crippen LogP contribution in [0.3, 0.4) is 0 Å². The first-order chi connectivity index (χ1) is 18.7. The molecule has 0 aliphatic heterocycles. The molecule has 2 aromatic rings. The van der Waals surface area contributed by atoms with Crippen molar-refractivity contribution in [3.05, 3.63) is 74.7 Å². The Morgan fingerprint density at radius 1 is 0.974 bits per heavy atom. The molecule has 1 fully saturated rings. The van der Waals surface area contributed by atoms with Gasteiger partial charge in [-0.2, -0.15) is 0 Å². The van der Waals surface area contributed by atoms with E-state index in [1.165, 1.54) is 0 Å². The largest absolute Gasteiger partial charge is 0.496 e. The van der Waals surface area contributed by atoms with E-state index >= 15 is 0 Å². The Labute approximate surface area is 236 Å². The summed E-state index contributed by atoms with van der Waals surface area (Å²) in [6.45, 7) is 4.52. The highest BCUT2D eigenvalue weighted by Crippen LogP contribution is 2.73. The Morgan fingerprint density at radius 3 is 2.26 bits per heavy atom. The number of benzene rings is 2. The Hall–Kier alpha value is -3.46. The summed E-state index contributed by atoms with van der Waals surface area (Å²) in [5.74, 6) is 2.42. The van der Waals surface area contributed by atoms with Crippen LogP contribution in [0.4, 0.5) is 0 Å². The second-order valence-corrected chi connectivity index (χ2v) is 11.1. The fourth-order valence-corrected chi connectivity index (χ4v) is 7.06. The van der Waals surface area contributed by atoms with Crippen molar-refractivity contribution in [2.75, 3.05) is 35.5 Å². The molecule has 0 amide bonds. The third-order valence-corrected chi connectivity index (χ3v) is 9.13. The number of allylic oxidation sites excluding steroid dienone is 2. The van der Waals surface area contributed by atoms with Crippen molar-refractivity contribution in [2.45, 2.75) is 32.1 Å². The highest BCUT2D eigenvalue weighted by Gasteiger charge is 2.69. The molecule has 3 atom stereocenters. The van der Waals surface area contributed by atoms with Crippen LogP contribution in [0.15, 0.2) is 63.1 Å². The van der Waals surface area contributed by atoms with Crippen molar-refractivity contribution in [1.29, 1.82) is 0 Å². The van der Waals surface area contributed by atoms with Crippen molar-refractivity contribution in [1.82, 2.24) is 0 Å². The molecule has 39 heavy (non-hydrogen) atoms. The zero-order chi connectivity index (χ0) is 28.1. The number of rotatable bonds is 7. The van der Waals surface area contributed by atoms with E-state index in [2.05, 4.69) is 34.9 Å². The molecule has 2 aromatic carbocycles. The summed E-state index contributed by atoms with van der Waals surface area (Å²) < 4.78 is 30.5. The summed E-state index contributed by atoms with van der Waals surface area (Å²) in [4.78, 5) is 18.1. The molecule has 0 aromatic heterocycles. The number of fused-ring (bicyclic) bond motifs is 1. The fraction of sp³-hybridized carbons (Fsp3) is 0.400. The molecule has 0 radical (unpaired) electrons. The minimum Gasteiger partial charge on any atom is -0.496 e. The Morgan fingerprint density at radius 2 is 1.67 bits per heavy atom. The van der Waals surface area contributed by atoms with Crippen LogP contribution in [0.1, 0.15) is 41.8 Å². The lowest BCUT2D eigenvalue weighted by atomic mass is 9.60. The van der Waals surface area contributed by atoms with Crippen LogP contribution < -0.4 is 14.2 Å². The summed E-state index contributed by atoms with van der Waals surface area (Å²) in [5.41, 5.74) is 2.93. The van der Waals surface area contributed by atoms with Gasteiger partial charge in [-0.3, -0.25) is 0 Å². The van der Waals surface area contributed by atoms with Crippen LogP contribution in [-0.2, 0) is 26.1 Å². The number of hydrogen-bond donors (Lipinski definition) is 0. The maximum atomic E-state index is 12.7. The molecule has 0 saturated heterocycles. The van der Waals surface area contributed by atoms with E-state index in [4.69, 9.17) is 28.5 Å². The van der Waals surface area contributed by atoms with E-state index in [0.717, 1.165) is 34.0 Å². The van der Waals surface area contributed by atoms with E-state index in [-0.39, 0.29) is 11.3 Å². The van der Waals surface area contributed by atoms with Gasteiger partial charge in [-0.25, -0.2) is 4.79 Å². The van der Waals surface area contributed by atoms with Gasteiger partial charge in [0.1, 0.15) is 5.71 Å². The maximum absolute atomic E-state index is 12.7. The van der Waals surface area contributed by atoms with Crippen LogP contribution in [0.2, 0.25) is 0 Å². The number of hydrogen-bond acceptors (Lipinski definition) is 8. The molecule has 9 heteroatoms. The second-order valence-electron chi connectivity index (χ2n) is 10.2. The molecule has 1 unspecified atom stereocenters. The fourth-order valence-electron chi connectivity index (χ4n) is 6.79. The molecule has 206 valence electrons. The zero-order valence-corrected chi connectivity index (χ0v) is 24.7. The van der Waals surface area contributed by atoms with Crippen LogP contribution in [0.5, 0.6) is 17.2 Å². The van der Waals surface area contributed by atoms with E-state index in [9.17, 15) is 4.79 Å². The third-order valence-electron chi connectivity index (χ3n) is 8.60. The van der Waals surface area contributed by atoms with E-state index in [1.54, 1.807) is 59.8 Å². The molecular formula is C30H32BrNO7. The van der Waals surface area contributed by atoms with Crippen LogP contribution in [0.25, 0.3) is 0 Å². The van der Waals surface area contributed by atoms with Crippen molar-refractivity contribution in [3.8, 4) is 17.2 Å². The Bertz CT molecular complexity index is 1430. The molecule has 3 aliphatic rings. The molecule has 5 rings (SSSR count). The van der Waals surface area contributed by atoms with Gasteiger partial charge in [-0.1, -0.05) is 34.9 Å². The average Bonchev–Trinajstić information content (AvgIpc) is 3.32. The van der Waals surface area contributed by atoms with Crippen molar-refractivity contribution in [3.63, 3.8) is 0 Å². The van der Waals surface area contributed by atoms with E-state index < -0.39 is 11.4 Å². The number of halogens is 1. The number of carbonyl (C=O) groups excluding carboxylic acids is 1. The monoisotopic (exact) mass is 597 g/mol. The van der Waals surface area contributed by atoms with Gasteiger partial charge in [0.05, 0.1) is 46.5 Å². The minimum absolute atomic E-state index is 0.269. The standard InChI is InChI=1S/C30H32BrNO7/c1-16-12-19-14-21(32-39-28(33)17-8-10-20(31)11-9-17)24(35-4)27(38-7)30(19)23-18(15-29(16,30)2)13-22(34-3)25(36-5)26(23)37-6/h8-11,13-14,16H,12,15H2,1-7H3/b32-21+/t16-,29+,30?/m0/s1. The first-order valence-corrected chi connectivity index (χ1v) is 13.4. The summed E-state index contributed by atoms with van der Waals surface area (Å²) >= 11 is 3.38. The summed E-state index contributed by atoms with van der Waals surface area (Å²) in [6, 6.07) is 8.91. The zero-order valence-electron chi connectivity index (χ0n) is 23.1. The molecule has 0 heterocycles. The molecule has 8 nitrogen and oxygen atoms in total. The first kappa shape index (κ1) is 27.1. The Kier molecular flexibility index (Phi) is 6.91. The molecule has 3 aliphatic carbocycles. The topological polar surface area (TPSA) is 84.8 Å². The van der Waals surface area contributed by atoms with Gasteiger partial charge in [0.25, 0.3) is 0 Å². The average molecular weight is 598 g/mol. The maximum Gasteiger partial charge on any atom is 0.365 e. The number of nitrogens with zero attached hydrogens (tertiary/aromatic N) is 1. The summed E-state index contributed by atoms with van der Waals surface area (Å²) in [7, 11) is 8.05. The number of oxime groups is 1. The van der Waals surface area contributed by atoms with Crippen LogP contribution in [-0.4, -0.2) is 47.2 Å². The summed E-state index contributed by atoms with van der Waals surface area (Å²) in [5, 5.41) is 4.25. The quantitative estimate of drug-likeness (QED) is 0.287. The molecular weight excluding hydrogens is 566 g/mol. The lowest BCUT2D eigenvalue weighted by Gasteiger charge is -2.44. The van der Waals surface area contributed by atoms with Crippen LogP contribution in [0, 0.1) is 11.3 Å². The van der Waals surface area contributed by atoms with Crippen LogP contribution >= 0.6 is 15.9 Å². The van der Waals surface area contributed by atoms with Gasteiger partial charge < -0.3 is 28.5 Å². The van der Waals surface area contributed by atoms with Crippen molar-refractivity contribution < 1.29 is 33.3 Å². The van der Waals surface area contributed by atoms with Crippen molar-refractivity contribution in [2.24, 2.45) is 16.5 Å². The summed E-state index contributed by atoms with van der Waals surface area (Å²) in [6.07, 6.45) is 3.52. The van der Waals surface area contributed by atoms with Crippen molar-refractivity contribution >= 4 is 27.6 Å². The Balaban J connectivity index is 1.72. The first-order valence-electron chi connectivity index (χ1n) is 12.6. The van der Waals surface area contributed by atoms with Gasteiger partial charge in [0, 0.05) is 10.0 Å². The van der Waals surface area contributed by atoms with Gasteiger partial charge in [-0.05, 0) is 71.7 Å². The normalized spacial score (nSPS) is 25.9. The number of carbonyl (C=O) groups is 1. The smallest absolute Gasteiger partial charge is 0.365 e. The number of methoxy groups -OCH3 is 5. The second kappa shape index (κ2) is 9.93. The predicted molar refractivity (Wildman–Crippen MR) is 149 cm³/mol. The highest BCUT2D eigenvalue weighted by atomic mass is 79.9. The van der Waals surface area contributed by atoms with Gasteiger partial charge in [0.2, 0.25) is 5.75 Å². The SMILES string of the molecule is COC1=C(OC)C23C(=C/C1=N\OC(=O)c1ccc(Br)cc1)C[C@H](C)[C@@]2(C)Cc1cc(OC)c(OC)c(OC)c13. The lowest BCUT2D eigenvalue weighted by molar-refractivity contribution is 0.0513. The number of ether oxygens (including phenoxy) is 5. The molecule has 1 spiro atoms. The van der Waals surface area contributed by atoms with Gasteiger partial charge in [-0.15, -0.1) is 0 Å².